The highest BCUT2D eigenvalue weighted by molar-refractivity contribution is 5.92. The van der Waals surface area contributed by atoms with Gasteiger partial charge in [0.15, 0.2) is 0 Å². The molecule has 0 radical (unpaired) electrons. The second-order valence-electron chi connectivity index (χ2n) is 7.25. The van der Waals surface area contributed by atoms with Crippen molar-refractivity contribution in [2.45, 2.75) is 38.4 Å². The van der Waals surface area contributed by atoms with Crippen LogP contribution in [0, 0.1) is 0 Å². The molecule has 1 aliphatic carbocycles. The van der Waals surface area contributed by atoms with E-state index >= 15 is 0 Å². The Morgan fingerprint density at radius 3 is 2.54 bits per heavy atom. The molecule has 0 aromatic heterocycles. The number of nitrogens with zero attached hydrogens (tertiary/aromatic N) is 1. The lowest BCUT2D eigenvalue weighted by Crippen LogP contribution is -2.29. The van der Waals surface area contributed by atoms with Gasteiger partial charge in [0, 0.05) is 24.2 Å². The van der Waals surface area contributed by atoms with E-state index in [4.69, 9.17) is 5.73 Å². The van der Waals surface area contributed by atoms with Crippen LogP contribution in [0.15, 0.2) is 66.7 Å². The predicted octanol–water partition coefficient (Wildman–Crippen LogP) is 4.66. The number of fused-ring (bicyclic) bond motifs is 1. The van der Waals surface area contributed by atoms with Crippen LogP contribution < -0.4 is 5.73 Å². The summed E-state index contributed by atoms with van der Waals surface area (Å²) in [5.41, 5.74) is 8.49. The zero-order valence-corrected chi connectivity index (χ0v) is 15.1. The molecule has 2 N–H and O–H groups in total. The molecule has 1 atom stereocenters. The number of benzene rings is 3. The molecule has 1 aliphatic rings. The molecule has 132 valence electrons. The highest BCUT2D eigenvalue weighted by Crippen LogP contribution is 2.36. The van der Waals surface area contributed by atoms with Gasteiger partial charge in [-0.05, 0) is 59.9 Å². The minimum Gasteiger partial charge on any atom is -0.366 e. The summed E-state index contributed by atoms with van der Waals surface area (Å²) in [7, 11) is 0. The highest BCUT2D eigenvalue weighted by atomic mass is 16.1. The Bertz CT molecular complexity index is 946. The van der Waals surface area contributed by atoms with Gasteiger partial charge in [-0.2, -0.15) is 0 Å². The van der Waals surface area contributed by atoms with Gasteiger partial charge in [0.05, 0.1) is 0 Å². The van der Waals surface area contributed by atoms with Crippen molar-refractivity contribution >= 4 is 16.7 Å². The van der Waals surface area contributed by atoms with Gasteiger partial charge in [-0.3, -0.25) is 9.69 Å². The van der Waals surface area contributed by atoms with Crippen LogP contribution in [-0.4, -0.2) is 16.8 Å². The van der Waals surface area contributed by atoms with Crippen LogP contribution in [0.5, 0.6) is 0 Å². The highest BCUT2D eigenvalue weighted by Gasteiger charge is 2.32. The number of carbonyl (C=O) groups excluding carboxylic acids is 1. The van der Waals surface area contributed by atoms with Gasteiger partial charge in [-0.15, -0.1) is 0 Å². The van der Waals surface area contributed by atoms with Crippen molar-refractivity contribution in [1.29, 1.82) is 0 Å². The topological polar surface area (TPSA) is 46.3 Å². The fraction of sp³-hybridized carbons (Fsp3) is 0.261. The Labute approximate surface area is 154 Å². The van der Waals surface area contributed by atoms with Crippen molar-refractivity contribution < 1.29 is 4.79 Å². The third-order valence-corrected chi connectivity index (χ3v) is 5.35. The summed E-state index contributed by atoms with van der Waals surface area (Å²) in [6.07, 6.45) is 2.49. The quantitative estimate of drug-likeness (QED) is 0.706. The molecule has 3 heteroatoms. The van der Waals surface area contributed by atoms with Crippen LogP contribution >= 0.6 is 0 Å². The van der Waals surface area contributed by atoms with Crippen molar-refractivity contribution in [3.63, 3.8) is 0 Å². The molecule has 3 nitrogen and oxygen atoms in total. The molecule has 4 rings (SSSR count). The summed E-state index contributed by atoms with van der Waals surface area (Å²) in [4.78, 5) is 14.0. The maximum absolute atomic E-state index is 11.5. The fourth-order valence-electron chi connectivity index (χ4n) is 3.68. The molecule has 0 heterocycles. The summed E-state index contributed by atoms with van der Waals surface area (Å²) in [6.45, 7) is 3.11. The normalized spacial score (nSPS) is 15.3. The van der Waals surface area contributed by atoms with E-state index in [1.54, 1.807) is 6.07 Å². The van der Waals surface area contributed by atoms with E-state index in [2.05, 4.69) is 60.4 Å². The smallest absolute Gasteiger partial charge is 0.248 e. The van der Waals surface area contributed by atoms with Gasteiger partial charge in [0.2, 0.25) is 5.91 Å². The van der Waals surface area contributed by atoms with E-state index in [0.29, 0.717) is 17.6 Å². The van der Waals surface area contributed by atoms with E-state index in [9.17, 15) is 4.79 Å². The van der Waals surface area contributed by atoms with E-state index in [1.807, 2.05) is 12.1 Å². The second kappa shape index (κ2) is 6.93. The van der Waals surface area contributed by atoms with Crippen LogP contribution in [-0.2, 0) is 6.54 Å². The Hall–Kier alpha value is -2.65. The molecule has 0 bridgehead atoms. The first-order valence-corrected chi connectivity index (χ1v) is 9.25. The van der Waals surface area contributed by atoms with Gasteiger partial charge >= 0.3 is 0 Å². The lowest BCUT2D eigenvalue weighted by atomic mass is 10.0. The van der Waals surface area contributed by atoms with Crippen LogP contribution in [0.25, 0.3) is 10.8 Å². The standard InChI is InChI=1S/C23H24N2O/c1-16(19-10-9-18-6-2-3-7-20(18)14-19)25(22-11-12-22)15-17-5-4-8-21(13-17)23(24)26/h2-10,13-14,16,22H,11-12,15H2,1H3,(H2,24,26)/t16-/m0/s1. The number of carbonyl (C=O) groups is 1. The zero-order valence-electron chi connectivity index (χ0n) is 15.1. The number of amides is 1. The lowest BCUT2D eigenvalue weighted by molar-refractivity contribution is 0.1000. The number of hydrogen-bond acceptors (Lipinski definition) is 2. The molecule has 0 unspecified atom stereocenters. The number of primary amides is 1. The largest absolute Gasteiger partial charge is 0.366 e. The first-order valence-electron chi connectivity index (χ1n) is 9.25. The maximum atomic E-state index is 11.5. The van der Waals surface area contributed by atoms with Gasteiger partial charge in [-0.25, -0.2) is 0 Å². The number of nitrogens with two attached hydrogens (primary N) is 1. The van der Waals surface area contributed by atoms with Crippen molar-refractivity contribution in [2.75, 3.05) is 0 Å². The van der Waals surface area contributed by atoms with Crippen LogP contribution in [0.4, 0.5) is 0 Å². The SMILES string of the molecule is C[C@@H](c1ccc2ccccc2c1)N(Cc1cccc(C(N)=O)c1)C1CC1. The average molecular weight is 344 g/mol. The van der Waals surface area contributed by atoms with Crippen molar-refractivity contribution in [1.82, 2.24) is 4.90 Å². The molecule has 26 heavy (non-hydrogen) atoms. The third kappa shape index (κ3) is 3.49. The van der Waals surface area contributed by atoms with Crippen molar-refractivity contribution in [3.05, 3.63) is 83.4 Å². The summed E-state index contributed by atoms with van der Waals surface area (Å²) >= 11 is 0. The van der Waals surface area contributed by atoms with Crippen molar-refractivity contribution in [2.24, 2.45) is 5.73 Å². The van der Waals surface area contributed by atoms with Crippen LogP contribution in [0.2, 0.25) is 0 Å². The van der Waals surface area contributed by atoms with Gasteiger partial charge < -0.3 is 5.73 Å². The molecule has 3 aromatic carbocycles. The van der Waals surface area contributed by atoms with Crippen LogP contribution in [0.1, 0.15) is 47.3 Å². The van der Waals surface area contributed by atoms with Crippen molar-refractivity contribution in [3.8, 4) is 0 Å². The van der Waals surface area contributed by atoms with E-state index in [0.717, 1.165) is 12.1 Å². The fourth-order valence-corrected chi connectivity index (χ4v) is 3.68. The zero-order chi connectivity index (χ0) is 18.1. The monoisotopic (exact) mass is 344 g/mol. The molecule has 0 saturated heterocycles. The van der Waals surface area contributed by atoms with E-state index in [1.165, 1.54) is 29.2 Å². The van der Waals surface area contributed by atoms with E-state index in [-0.39, 0.29) is 5.91 Å². The first-order chi connectivity index (χ1) is 12.6. The molecule has 3 aromatic rings. The Morgan fingerprint density at radius 1 is 1.04 bits per heavy atom. The Morgan fingerprint density at radius 2 is 1.81 bits per heavy atom. The van der Waals surface area contributed by atoms with Gasteiger partial charge in [-0.1, -0.05) is 48.5 Å². The first kappa shape index (κ1) is 16.8. The summed E-state index contributed by atoms with van der Waals surface area (Å²) < 4.78 is 0. The summed E-state index contributed by atoms with van der Waals surface area (Å²) in [5, 5.41) is 2.55. The summed E-state index contributed by atoms with van der Waals surface area (Å²) in [6, 6.07) is 23.9. The number of rotatable bonds is 6. The lowest BCUT2D eigenvalue weighted by Gasteiger charge is -2.30. The molecule has 1 amide bonds. The third-order valence-electron chi connectivity index (χ3n) is 5.35. The Kier molecular flexibility index (Phi) is 4.48. The second-order valence-corrected chi connectivity index (χ2v) is 7.25. The molecular formula is C23H24N2O. The molecule has 0 spiro atoms. The molecule has 1 saturated carbocycles. The minimum atomic E-state index is -0.368. The van der Waals surface area contributed by atoms with Crippen LogP contribution in [0.3, 0.4) is 0 Å². The predicted molar refractivity (Wildman–Crippen MR) is 106 cm³/mol. The van der Waals surface area contributed by atoms with E-state index < -0.39 is 0 Å². The molecule has 0 aliphatic heterocycles. The summed E-state index contributed by atoms with van der Waals surface area (Å²) in [5.74, 6) is -0.368. The maximum Gasteiger partial charge on any atom is 0.248 e. The van der Waals surface area contributed by atoms with Gasteiger partial charge in [0.1, 0.15) is 0 Å². The van der Waals surface area contributed by atoms with Gasteiger partial charge in [0.25, 0.3) is 0 Å². The molecule has 1 fully saturated rings. The Balaban J connectivity index is 1.61. The number of hydrogen-bond donors (Lipinski definition) is 1. The molecular weight excluding hydrogens is 320 g/mol. The average Bonchev–Trinajstić information content (AvgIpc) is 3.50. The minimum absolute atomic E-state index is 0.323.